The number of aromatic nitrogens is 2. The summed E-state index contributed by atoms with van der Waals surface area (Å²) < 4.78 is 11.4. The van der Waals surface area contributed by atoms with Gasteiger partial charge in [0.1, 0.15) is 6.26 Å². The molecule has 0 aliphatic rings. The molecule has 3 aromatic rings. The van der Waals surface area contributed by atoms with Crippen LogP contribution in [0.4, 0.5) is 0 Å². The van der Waals surface area contributed by atoms with E-state index in [0.717, 1.165) is 36.2 Å². The quantitative estimate of drug-likeness (QED) is 0.168. The highest BCUT2D eigenvalue weighted by Gasteiger charge is 2.08. The van der Waals surface area contributed by atoms with E-state index in [1.165, 1.54) is 0 Å². The number of nitrogens with zero attached hydrogens (tertiary/aromatic N) is 3. The lowest BCUT2D eigenvalue weighted by atomic mass is 10.2. The molecule has 166 valence electrons. The Morgan fingerprint density at radius 2 is 1.94 bits per heavy atom. The number of hydrogen-bond acceptors (Lipinski definition) is 5. The molecule has 0 aliphatic carbocycles. The fourth-order valence-electron chi connectivity index (χ4n) is 2.77. The van der Waals surface area contributed by atoms with Gasteiger partial charge in [0.25, 0.3) is 0 Å². The molecule has 1 aromatic carbocycles. The van der Waals surface area contributed by atoms with Crippen LogP contribution in [-0.2, 0) is 13.1 Å². The average Bonchev–Trinajstić information content (AvgIpc) is 3.26. The summed E-state index contributed by atoms with van der Waals surface area (Å²) in [4.78, 5) is 13.6. The molecule has 3 rings (SSSR count). The molecule has 31 heavy (non-hydrogen) atoms. The second kappa shape index (κ2) is 13.6. The zero-order valence-corrected chi connectivity index (χ0v) is 20.3. The molecule has 2 heterocycles. The first-order valence-electron chi connectivity index (χ1n) is 10.4. The molecule has 2 N–H and O–H groups in total. The minimum atomic E-state index is 0. The van der Waals surface area contributed by atoms with Crippen LogP contribution in [0.1, 0.15) is 37.9 Å². The van der Waals surface area contributed by atoms with Crippen LogP contribution < -0.4 is 15.4 Å². The number of guanidine groups is 1. The van der Waals surface area contributed by atoms with Crippen molar-refractivity contribution < 1.29 is 9.15 Å². The smallest absolute Gasteiger partial charge is 0.226 e. The number of benzene rings is 1. The van der Waals surface area contributed by atoms with E-state index >= 15 is 0 Å². The molecular weight excluding hydrogens is 505 g/mol. The Morgan fingerprint density at radius 1 is 1.10 bits per heavy atom. The van der Waals surface area contributed by atoms with Gasteiger partial charge in [-0.2, -0.15) is 0 Å². The second-order valence-electron chi connectivity index (χ2n) is 6.73. The summed E-state index contributed by atoms with van der Waals surface area (Å²) in [6.45, 7) is 6.57. The molecular formula is C23H30IN5O2. The minimum Gasteiger partial charge on any atom is -0.477 e. The van der Waals surface area contributed by atoms with Crippen LogP contribution >= 0.6 is 24.0 Å². The van der Waals surface area contributed by atoms with Crippen molar-refractivity contribution in [3.8, 4) is 17.3 Å². The van der Waals surface area contributed by atoms with Gasteiger partial charge in [-0.25, -0.2) is 15.0 Å². The van der Waals surface area contributed by atoms with Crippen LogP contribution in [-0.4, -0.2) is 29.1 Å². The van der Waals surface area contributed by atoms with Gasteiger partial charge in [0, 0.05) is 23.9 Å². The molecule has 7 nitrogen and oxygen atoms in total. The van der Waals surface area contributed by atoms with Crippen LogP contribution in [0.5, 0.6) is 5.88 Å². The van der Waals surface area contributed by atoms with Crippen molar-refractivity contribution in [3.05, 3.63) is 66.2 Å². The monoisotopic (exact) mass is 535 g/mol. The van der Waals surface area contributed by atoms with Crippen molar-refractivity contribution in [1.82, 2.24) is 20.6 Å². The van der Waals surface area contributed by atoms with Gasteiger partial charge in [-0.1, -0.05) is 37.6 Å². The van der Waals surface area contributed by atoms with Crippen molar-refractivity contribution in [1.29, 1.82) is 0 Å². The average molecular weight is 535 g/mol. The topological polar surface area (TPSA) is 84.6 Å². The van der Waals surface area contributed by atoms with Crippen molar-refractivity contribution in [2.45, 2.75) is 39.8 Å². The van der Waals surface area contributed by atoms with Gasteiger partial charge in [0.15, 0.2) is 5.96 Å². The maximum absolute atomic E-state index is 5.80. The zero-order chi connectivity index (χ0) is 21.0. The van der Waals surface area contributed by atoms with Crippen LogP contribution in [0.2, 0.25) is 0 Å². The first kappa shape index (κ1) is 24.6. The number of hydrogen-bond donors (Lipinski definition) is 2. The Bertz CT molecular complexity index is 930. The predicted molar refractivity (Wildman–Crippen MR) is 134 cm³/mol. The SMILES string of the molecule is CCCCOc1ncccc1CN=C(NCC)NCc1coc(-c2ccccc2)n1.I. The second-order valence-corrected chi connectivity index (χ2v) is 6.73. The Morgan fingerprint density at radius 3 is 2.71 bits per heavy atom. The number of ether oxygens (including phenoxy) is 1. The zero-order valence-electron chi connectivity index (χ0n) is 18.0. The van der Waals surface area contributed by atoms with E-state index in [9.17, 15) is 0 Å². The van der Waals surface area contributed by atoms with Gasteiger partial charge in [-0.05, 0) is 31.5 Å². The first-order chi connectivity index (χ1) is 14.8. The van der Waals surface area contributed by atoms with Crippen LogP contribution in [0, 0.1) is 0 Å². The summed E-state index contributed by atoms with van der Waals surface area (Å²) >= 11 is 0. The molecule has 0 bridgehead atoms. The molecule has 0 saturated heterocycles. The molecule has 0 spiro atoms. The lowest BCUT2D eigenvalue weighted by molar-refractivity contribution is 0.294. The number of unbranched alkanes of at least 4 members (excludes halogenated alkanes) is 1. The Labute approximate surface area is 200 Å². The highest BCUT2D eigenvalue weighted by Crippen LogP contribution is 2.18. The van der Waals surface area contributed by atoms with E-state index in [1.807, 2.05) is 49.4 Å². The van der Waals surface area contributed by atoms with Gasteiger partial charge in [-0.15, -0.1) is 24.0 Å². The Hall–Kier alpha value is -2.62. The van der Waals surface area contributed by atoms with E-state index in [0.29, 0.717) is 37.4 Å². The van der Waals surface area contributed by atoms with Gasteiger partial charge in [0.05, 0.1) is 25.4 Å². The fourth-order valence-corrected chi connectivity index (χ4v) is 2.77. The molecule has 0 unspecified atom stereocenters. The third-order valence-electron chi connectivity index (χ3n) is 4.35. The largest absolute Gasteiger partial charge is 0.477 e. The molecule has 0 amide bonds. The standard InChI is InChI=1S/C23H29N5O2.HI/c1-3-5-14-29-21-19(12-9-13-25-21)15-26-23(24-4-2)27-16-20-17-30-22(28-20)18-10-7-6-8-11-18;/h6-13,17H,3-5,14-16H2,1-2H3,(H2,24,26,27);1H. The Balaban J connectivity index is 0.00000341. The molecule has 0 atom stereocenters. The van der Waals surface area contributed by atoms with Crippen LogP contribution in [0.3, 0.4) is 0 Å². The summed E-state index contributed by atoms with van der Waals surface area (Å²) in [6.07, 6.45) is 5.50. The molecule has 0 aliphatic heterocycles. The van der Waals surface area contributed by atoms with Gasteiger partial charge >= 0.3 is 0 Å². The lowest BCUT2D eigenvalue weighted by Gasteiger charge is -2.11. The molecule has 8 heteroatoms. The van der Waals surface area contributed by atoms with Crippen molar-refractivity contribution in [3.63, 3.8) is 0 Å². The number of oxazole rings is 1. The molecule has 0 saturated carbocycles. The lowest BCUT2D eigenvalue weighted by Crippen LogP contribution is -2.36. The number of rotatable bonds is 10. The number of pyridine rings is 1. The summed E-state index contributed by atoms with van der Waals surface area (Å²) in [7, 11) is 0. The highest BCUT2D eigenvalue weighted by atomic mass is 127. The van der Waals surface area contributed by atoms with Crippen molar-refractivity contribution in [2.75, 3.05) is 13.2 Å². The highest BCUT2D eigenvalue weighted by molar-refractivity contribution is 14.0. The fraction of sp³-hybridized carbons (Fsp3) is 0.348. The first-order valence-corrected chi connectivity index (χ1v) is 10.4. The summed E-state index contributed by atoms with van der Waals surface area (Å²) in [6, 6.07) is 13.7. The Kier molecular flexibility index (Phi) is 10.8. The van der Waals surface area contributed by atoms with Crippen LogP contribution in [0.25, 0.3) is 11.5 Å². The van der Waals surface area contributed by atoms with Crippen molar-refractivity contribution in [2.24, 2.45) is 4.99 Å². The van der Waals surface area contributed by atoms with Gasteiger partial charge in [-0.3, -0.25) is 0 Å². The third kappa shape index (κ3) is 7.86. The third-order valence-corrected chi connectivity index (χ3v) is 4.35. The summed E-state index contributed by atoms with van der Waals surface area (Å²) in [5, 5.41) is 6.55. The van der Waals surface area contributed by atoms with E-state index in [2.05, 4.69) is 32.5 Å². The predicted octanol–water partition coefficient (Wildman–Crippen LogP) is 4.79. The van der Waals surface area contributed by atoms with Gasteiger partial charge in [0.2, 0.25) is 11.8 Å². The van der Waals surface area contributed by atoms with Crippen LogP contribution in [0.15, 0.2) is 64.3 Å². The van der Waals surface area contributed by atoms with E-state index < -0.39 is 0 Å². The van der Waals surface area contributed by atoms with E-state index in [1.54, 1.807) is 12.5 Å². The van der Waals surface area contributed by atoms with Gasteiger partial charge < -0.3 is 19.8 Å². The maximum Gasteiger partial charge on any atom is 0.226 e. The number of halogens is 1. The molecule has 0 fully saturated rings. The molecule has 2 aromatic heterocycles. The van der Waals surface area contributed by atoms with E-state index in [4.69, 9.17) is 9.15 Å². The number of nitrogens with one attached hydrogen (secondary N) is 2. The summed E-state index contributed by atoms with van der Waals surface area (Å²) in [5.74, 6) is 1.96. The summed E-state index contributed by atoms with van der Waals surface area (Å²) in [5.41, 5.74) is 2.72. The van der Waals surface area contributed by atoms with Crippen molar-refractivity contribution >= 4 is 29.9 Å². The number of aliphatic imine (C=N–C) groups is 1. The maximum atomic E-state index is 5.80. The van der Waals surface area contributed by atoms with E-state index in [-0.39, 0.29) is 24.0 Å². The minimum absolute atomic E-state index is 0. The molecule has 0 radical (unpaired) electrons. The normalized spacial score (nSPS) is 11.0.